The normalized spacial score (nSPS) is 35.4. The first kappa shape index (κ1) is 22.6. The Morgan fingerprint density at radius 1 is 1.16 bits per heavy atom. The first-order valence-electron chi connectivity index (χ1n) is 10.9. The molecule has 0 spiro atoms. The van der Waals surface area contributed by atoms with Gasteiger partial charge in [-0.05, 0) is 27.4 Å². The van der Waals surface area contributed by atoms with Crippen LogP contribution in [0.3, 0.4) is 0 Å². The maximum Gasteiger partial charge on any atom is 0.353 e. The molecule has 31 heavy (non-hydrogen) atoms. The number of piperazine rings is 1. The molecule has 0 bridgehead atoms. The number of aliphatic hydroxyl groups excluding tert-OH is 1. The van der Waals surface area contributed by atoms with E-state index in [0.717, 1.165) is 26.2 Å². The van der Waals surface area contributed by atoms with Gasteiger partial charge in [0, 0.05) is 48.8 Å². The summed E-state index contributed by atoms with van der Waals surface area (Å²) in [6.45, 7) is 7.44. The summed E-state index contributed by atoms with van der Waals surface area (Å²) in [5.74, 6) is -1.97. The summed E-state index contributed by atoms with van der Waals surface area (Å²) in [7, 11) is 4.01. The summed E-state index contributed by atoms with van der Waals surface area (Å²) in [5, 5.41) is 19.9. The van der Waals surface area contributed by atoms with Crippen LogP contribution in [-0.2, 0) is 14.4 Å². The van der Waals surface area contributed by atoms with Crippen LogP contribution in [0.25, 0.3) is 0 Å². The Labute approximate surface area is 187 Å². The number of amides is 2. The molecule has 0 aromatic carbocycles. The lowest BCUT2D eigenvalue weighted by molar-refractivity contribution is -0.163. The number of fused-ring (bicyclic) bond motifs is 1. The van der Waals surface area contributed by atoms with Gasteiger partial charge in [-0.15, -0.1) is 11.8 Å². The number of thioether (sulfide) groups is 1. The van der Waals surface area contributed by atoms with Crippen LogP contribution in [0.1, 0.15) is 20.3 Å². The number of hydrogen-bond donors (Lipinski definition) is 2. The van der Waals surface area contributed by atoms with Crippen LogP contribution in [0.4, 0.5) is 0 Å². The predicted molar refractivity (Wildman–Crippen MR) is 116 cm³/mol. The Morgan fingerprint density at radius 2 is 1.81 bits per heavy atom. The van der Waals surface area contributed by atoms with Crippen LogP contribution in [-0.4, -0.2) is 118 Å². The van der Waals surface area contributed by atoms with Gasteiger partial charge in [0.15, 0.2) is 0 Å². The minimum absolute atomic E-state index is 0.0564. The number of likely N-dealkylation sites (N-methyl/N-ethyl adjacent to an activating group) is 2. The van der Waals surface area contributed by atoms with Gasteiger partial charge in [0.1, 0.15) is 5.70 Å². The van der Waals surface area contributed by atoms with E-state index < -0.39 is 18.0 Å². The Bertz CT molecular complexity index is 810. The number of carboxylic acids is 1. The summed E-state index contributed by atoms with van der Waals surface area (Å²) >= 11 is 1.50. The number of carbonyl (C=O) groups is 3. The van der Waals surface area contributed by atoms with Crippen molar-refractivity contribution in [3.8, 4) is 0 Å². The fourth-order valence-electron chi connectivity index (χ4n) is 5.42. The minimum Gasteiger partial charge on any atom is -0.477 e. The molecule has 0 aliphatic carbocycles. The van der Waals surface area contributed by atoms with Crippen LogP contribution in [0.15, 0.2) is 10.6 Å². The molecule has 0 saturated carbocycles. The number of carboxylic acid groups (broad SMARTS) is 1. The molecule has 4 aliphatic heterocycles. The molecule has 0 unspecified atom stereocenters. The van der Waals surface area contributed by atoms with Crippen LogP contribution in [0, 0.1) is 11.8 Å². The highest BCUT2D eigenvalue weighted by molar-refractivity contribution is 8.03. The van der Waals surface area contributed by atoms with E-state index in [1.54, 1.807) is 6.92 Å². The molecule has 172 valence electrons. The highest BCUT2D eigenvalue weighted by Crippen LogP contribution is 2.52. The van der Waals surface area contributed by atoms with E-state index in [4.69, 9.17) is 0 Å². The van der Waals surface area contributed by atoms with Crippen LogP contribution in [0.5, 0.6) is 0 Å². The molecule has 0 aromatic heterocycles. The van der Waals surface area contributed by atoms with Gasteiger partial charge in [-0.1, -0.05) is 6.92 Å². The van der Waals surface area contributed by atoms with Gasteiger partial charge < -0.3 is 24.9 Å². The lowest BCUT2D eigenvalue weighted by Gasteiger charge is -2.46. The summed E-state index contributed by atoms with van der Waals surface area (Å²) in [6.07, 6.45) is -0.146. The fraction of sp³-hybridized carbons (Fsp3) is 0.762. The molecule has 0 aromatic rings. The van der Waals surface area contributed by atoms with E-state index in [1.165, 1.54) is 16.7 Å². The minimum atomic E-state index is -1.11. The van der Waals surface area contributed by atoms with Gasteiger partial charge in [0.2, 0.25) is 11.8 Å². The topological polar surface area (TPSA) is 105 Å². The molecular weight excluding hydrogens is 420 g/mol. The van der Waals surface area contributed by atoms with Gasteiger partial charge in [-0.25, -0.2) is 4.79 Å². The van der Waals surface area contributed by atoms with Crippen molar-refractivity contribution in [2.45, 2.75) is 43.7 Å². The number of β-lactam (4-membered cyclic amide) rings is 1. The summed E-state index contributed by atoms with van der Waals surface area (Å²) in [5.41, 5.74) is 0.0564. The monoisotopic (exact) mass is 452 g/mol. The number of nitrogens with zero attached hydrogens (tertiary/aromatic N) is 4. The molecule has 9 nitrogen and oxygen atoms in total. The molecule has 4 rings (SSSR count). The van der Waals surface area contributed by atoms with Crippen molar-refractivity contribution < 1.29 is 24.6 Å². The zero-order valence-electron chi connectivity index (χ0n) is 18.5. The lowest BCUT2D eigenvalue weighted by atomic mass is 9.79. The zero-order chi connectivity index (χ0) is 22.6. The molecule has 4 aliphatic rings. The Kier molecular flexibility index (Phi) is 6.10. The van der Waals surface area contributed by atoms with E-state index in [0.29, 0.717) is 17.9 Å². The van der Waals surface area contributed by atoms with Crippen molar-refractivity contribution in [3.05, 3.63) is 10.6 Å². The number of aliphatic carboxylic acids is 1. The zero-order valence-corrected chi connectivity index (χ0v) is 19.3. The maximum atomic E-state index is 13.1. The van der Waals surface area contributed by atoms with E-state index in [9.17, 15) is 24.6 Å². The van der Waals surface area contributed by atoms with Gasteiger partial charge >= 0.3 is 5.97 Å². The molecule has 2 amide bonds. The van der Waals surface area contributed by atoms with E-state index in [1.807, 2.05) is 18.9 Å². The second-order valence-electron chi connectivity index (χ2n) is 9.33. The van der Waals surface area contributed by atoms with Gasteiger partial charge in [0.05, 0.1) is 24.1 Å². The molecule has 4 heterocycles. The van der Waals surface area contributed by atoms with Gasteiger partial charge in [-0.3, -0.25) is 14.5 Å². The number of aliphatic hydroxyl groups is 1. The Morgan fingerprint density at radius 3 is 2.39 bits per heavy atom. The smallest absolute Gasteiger partial charge is 0.353 e. The Balaban J connectivity index is 1.47. The van der Waals surface area contributed by atoms with Crippen molar-refractivity contribution in [1.82, 2.24) is 19.6 Å². The van der Waals surface area contributed by atoms with Gasteiger partial charge in [0.25, 0.3) is 0 Å². The number of rotatable bonds is 5. The highest BCUT2D eigenvalue weighted by atomic mass is 32.2. The van der Waals surface area contributed by atoms with E-state index >= 15 is 0 Å². The molecule has 2 N–H and O–H groups in total. The summed E-state index contributed by atoms with van der Waals surface area (Å²) < 4.78 is 0. The average molecular weight is 453 g/mol. The second-order valence-corrected chi connectivity index (χ2v) is 10.7. The third-order valence-corrected chi connectivity index (χ3v) is 8.71. The number of likely N-dealkylation sites (tertiary alicyclic amines) is 1. The largest absolute Gasteiger partial charge is 0.477 e. The first-order valence-corrected chi connectivity index (χ1v) is 11.8. The van der Waals surface area contributed by atoms with E-state index in [2.05, 4.69) is 16.8 Å². The molecule has 0 radical (unpaired) electrons. The van der Waals surface area contributed by atoms with Crippen LogP contribution in [0.2, 0.25) is 0 Å². The quantitative estimate of drug-likeness (QED) is 0.549. The van der Waals surface area contributed by atoms with Crippen molar-refractivity contribution in [2.75, 3.05) is 46.8 Å². The van der Waals surface area contributed by atoms with Gasteiger partial charge in [-0.2, -0.15) is 0 Å². The van der Waals surface area contributed by atoms with Crippen LogP contribution < -0.4 is 0 Å². The highest BCUT2D eigenvalue weighted by Gasteiger charge is 2.60. The SMILES string of the molecule is C[C@@H](O)[C@H]1C(=O)N2C(C(=O)O)=C(S[C@H]3C[C@@H](C(=O)N4CCN(C)CC4)N(C)C3)[C@H](C)[C@H]12. The summed E-state index contributed by atoms with van der Waals surface area (Å²) in [4.78, 5) is 45.9. The van der Waals surface area contributed by atoms with Crippen molar-refractivity contribution >= 4 is 29.5 Å². The van der Waals surface area contributed by atoms with E-state index in [-0.39, 0.29) is 40.8 Å². The standard InChI is InChI=1S/C21H32N4O5S/c1-11-16-15(12(2)26)20(28)25(16)17(21(29)30)18(11)31-13-9-14(23(4)10-13)19(27)24-7-5-22(3)6-8-24/h11-16,26H,5-10H2,1-4H3,(H,29,30)/t11-,12-,13+,14+,15-,16-/m1/s1. The maximum absolute atomic E-state index is 13.1. The fourth-order valence-corrected chi connectivity index (χ4v) is 7.02. The molecule has 10 heteroatoms. The van der Waals surface area contributed by atoms with Crippen molar-refractivity contribution in [1.29, 1.82) is 0 Å². The predicted octanol–water partition coefficient (Wildman–Crippen LogP) is -0.280. The lowest BCUT2D eigenvalue weighted by Crippen LogP contribution is -2.63. The number of carbonyl (C=O) groups excluding carboxylic acids is 2. The first-order chi connectivity index (χ1) is 14.6. The second kappa shape index (κ2) is 8.38. The number of hydrogen-bond acceptors (Lipinski definition) is 7. The third kappa shape index (κ3) is 3.77. The summed E-state index contributed by atoms with van der Waals surface area (Å²) in [6, 6.07) is -0.502. The average Bonchev–Trinajstić information content (AvgIpc) is 3.18. The molecule has 6 atom stereocenters. The van der Waals surface area contributed by atoms with Crippen molar-refractivity contribution in [3.63, 3.8) is 0 Å². The molecular formula is C21H32N4O5S. The third-order valence-electron chi connectivity index (χ3n) is 7.21. The molecule has 3 fully saturated rings. The van der Waals surface area contributed by atoms with Crippen LogP contribution >= 0.6 is 11.8 Å². The Hall–Kier alpha value is -1.62. The van der Waals surface area contributed by atoms with Crippen molar-refractivity contribution in [2.24, 2.45) is 11.8 Å². The molecule has 3 saturated heterocycles.